The zero-order valence-corrected chi connectivity index (χ0v) is 7.36. The van der Waals surface area contributed by atoms with Crippen molar-refractivity contribution >= 4 is 5.91 Å². The van der Waals surface area contributed by atoms with Crippen LogP contribution in [0, 0.1) is 5.92 Å². The Labute approximate surface area is 72.4 Å². The molecule has 3 unspecified atom stereocenters. The van der Waals surface area contributed by atoms with Gasteiger partial charge in [-0.2, -0.15) is 0 Å². The van der Waals surface area contributed by atoms with Gasteiger partial charge in [-0.25, -0.2) is 0 Å². The first-order chi connectivity index (χ1) is 5.72. The molecular weight excluding hydrogens is 154 g/mol. The minimum atomic E-state index is -0.407. The van der Waals surface area contributed by atoms with Gasteiger partial charge in [0.2, 0.25) is 5.91 Å². The Balaban J connectivity index is 1.93. The van der Waals surface area contributed by atoms with Crippen molar-refractivity contribution < 1.29 is 9.90 Å². The number of aliphatic hydroxyl groups excluding tert-OH is 1. The van der Waals surface area contributed by atoms with Crippen LogP contribution in [0.15, 0.2) is 0 Å². The molecule has 12 heavy (non-hydrogen) atoms. The number of hydrogen-bond donors (Lipinski definition) is 1. The van der Waals surface area contributed by atoms with E-state index in [9.17, 15) is 9.90 Å². The van der Waals surface area contributed by atoms with Crippen LogP contribution >= 0.6 is 0 Å². The average Bonchev–Trinajstić information content (AvgIpc) is 2.72. The summed E-state index contributed by atoms with van der Waals surface area (Å²) in [5, 5.41) is 9.24. The zero-order valence-electron chi connectivity index (χ0n) is 7.36. The molecule has 1 saturated carbocycles. The molecule has 3 nitrogen and oxygen atoms in total. The van der Waals surface area contributed by atoms with Gasteiger partial charge in [-0.1, -0.05) is 13.3 Å². The number of β-amino-alcohol motifs (C(OH)–C–C–N with tert-alkyl or cyclic N) is 1. The van der Waals surface area contributed by atoms with Crippen molar-refractivity contribution in [2.24, 2.45) is 5.92 Å². The summed E-state index contributed by atoms with van der Waals surface area (Å²) in [4.78, 5) is 13.2. The van der Waals surface area contributed by atoms with Gasteiger partial charge < -0.3 is 10.0 Å². The summed E-state index contributed by atoms with van der Waals surface area (Å²) in [6.07, 6.45) is 2.24. The summed E-state index contributed by atoms with van der Waals surface area (Å²) in [7, 11) is 0. The second-order valence-electron chi connectivity index (χ2n) is 3.88. The highest BCUT2D eigenvalue weighted by molar-refractivity contribution is 5.79. The lowest BCUT2D eigenvalue weighted by Crippen LogP contribution is -2.29. The van der Waals surface area contributed by atoms with E-state index in [-0.39, 0.29) is 5.91 Å². The predicted molar refractivity (Wildman–Crippen MR) is 44.5 cm³/mol. The largest absolute Gasteiger partial charge is 0.391 e. The molecule has 0 aromatic heterocycles. The topological polar surface area (TPSA) is 40.5 Å². The molecule has 1 amide bonds. The Bertz CT molecular complexity index is 205. The fourth-order valence-corrected chi connectivity index (χ4v) is 2.08. The molecular formula is C9H15NO2. The van der Waals surface area contributed by atoms with Crippen LogP contribution in [0.1, 0.15) is 26.2 Å². The van der Waals surface area contributed by atoms with Gasteiger partial charge in [0.15, 0.2) is 0 Å². The normalized spacial score (nSPS) is 40.7. The average molecular weight is 169 g/mol. The third-order valence-corrected chi connectivity index (χ3v) is 2.95. The van der Waals surface area contributed by atoms with Gasteiger partial charge in [0.1, 0.15) is 0 Å². The van der Waals surface area contributed by atoms with Crippen LogP contribution in [0.5, 0.6) is 0 Å². The number of amides is 1. The SMILES string of the molecule is CCC1CC1N1CC(O)CC1=O. The van der Waals surface area contributed by atoms with E-state index >= 15 is 0 Å². The zero-order chi connectivity index (χ0) is 8.72. The summed E-state index contributed by atoms with van der Waals surface area (Å²) < 4.78 is 0. The monoisotopic (exact) mass is 169 g/mol. The molecule has 2 rings (SSSR count). The minimum Gasteiger partial charge on any atom is -0.391 e. The van der Waals surface area contributed by atoms with E-state index in [4.69, 9.17) is 0 Å². The second-order valence-corrected chi connectivity index (χ2v) is 3.88. The molecule has 1 saturated heterocycles. The maximum Gasteiger partial charge on any atom is 0.225 e. The number of nitrogens with zero attached hydrogens (tertiary/aromatic N) is 1. The Kier molecular flexibility index (Phi) is 1.83. The number of carbonyl (C=O) groups excluding carboxylic acids is 1. The molecule has 3 atom stereocenters. The standard InChI is InChI=1S/C9H15NO2/c1-2-6-3-8(6)10-5-7(11)4-9(10)12/h6-8,11H,2-5H2,1H3. The third kappa shape index (κ3) is 1.22. The molecule has 1 aliphatic carbocycles. The molecule has 0 aromatic carbocycles. The Morgan fingerprint density at radius 1 is 1.67 bits per heavy atom. The quantitative estimate of drug-likeness (QED) is 0.649. The first-order valence-corrected chi connectivity index (χ1v) is 4.70. The van der Waals surface area contributed by atoms with Crippen LogP contribution < -0.4 is 0 Å². The van der Waals surface area contributed by atoms with E-state index in [2.05, 4.69) is 6.92 Å². The minimum absolute atomic E-state index is 0.142. The molecule has 0 radical (unpaired) electrons. The summed E-state index contributed by atoms with van der Waals surface area (Å²) in [6.45, 7) is 2.72. The lowest BCUT2D eigenvalue weighted by molar-refractivity contribution is -0.128. The van der Waals surface area contributed by atoms with Crippen molar-refractivity contribution in [1.29, 1.82) is 0 Å². The third-order valence-electron chi connectivity index (χ3n) is 2.95. The van der Waals surface area contributed by atoms with Gasteiger partial charge in [-0.05, 0) is 12.3 Å². The molecule has 1 heterocycles. The second kappa shape index (κ2) is 2.73. The molecule has 2 aliphatic rings. The van der Waals surface area contributed by atoms with Gasteiger partial charge in [0, 0.05) is 12.6 Å². The first kappa shape index (κ1) is 8.05. The van der Waals surface area contributed by atoms with Crippen molar-refractivity contribution in [2.45, 2.75) is 38.3 Å². The summed E-state index contributed by atoms with van der Waals surface area (Å²) in [6, 6.07) is 0.458. The Morgan fingerprint density at radius 2 is 2.42 bits per heavy atom. The first-order valence-electron chi connectivity index (χ1n) is 4.70. The number of rotatable bonds is 2. The summed E-state index contributed by atoms with van der Waals surface area (Å²) in [5.74, 6) is 0.850. The fraction of sp³-hybridized carbons (Fsp3) is 0.889. The van der Waals surface area contributed by atoms with E-state index in [0.29, 0.717) is 24.9 Å². The molecule has 1 N–H and O–H groups in total. The molecule has 1 aliphatic heterocycles. The van der Waals surface area contributed by atoms with Crippen LogP contribution in [0.4, 0.5) is 0 Å². The van der Waals surface area contributed by atoms with Gasteiger partial charge in [0.05, 0.1) is 12.5 Å². The molecule has 68 valence electrons. The van der Waals surface area contributed by atoms with Crippen molar-refractivity contribution in [2.75, 3.05) is 6.54 Å². The fourth-order valence-electron chi connectivity index (χ4n) is 2.08. The van der Waals surface area contributed by atoms with Gasteiger partial charge in [-0.15, -0.1) is 0 Å². The van der Waals surface area contributed by atoms with Crippen molar-refractivity contribution in [3.63, 3.8) is 0 Å². The number of aliphatic hydroxyl groups is 1. The van der Waals surface area contributed by atoms with Gasteiger partial charge in [-0.3, -0.25) is 4.79 Å². The maximum atomic E-state index is 11.3. The van der Waals surface area contributed by atoms with Crippen LogP contribution in [-0.4, -0.2) is 34.6 Å². The van der Waals surface area contributed by atoms with Crippen LogP contribution in [0.3, 0.4) is 0 Å². The van der Waals surface area contributed by atoms with E-state index in [0.717, 1.165) is 12.8 Å². The smallest absolute Gasteiger partial charge is 0.225 e. The van der Waals surface area contributed by atoms with E-state index < -0.39 is 6.10 Å². The van der Waals surface area contributed by atoms with E-state index in [1.165, 1.54) is 0 Å². The molecule has 2 fully saturated rings. The highest BCUT2D eigenvalue weighted by Crippen LogP contribution is 2.40. The molecule has 0 bridgehead atoms. The van der Waals surface area contributed by atoms with E-state index in [1.54, 1.807) is 0 Å². The predicted octanol–water partition coefficient (Wildman–Crippen LogP) is 0.378. The lowest BCUT2D eigenvalue weighted by Gasteiger charge is -2.14. The molecule has 0 spiro atoms. The van der Waals surface area contributed by atoms with E-state index in [1.807, 2.05) is 4.90 Å². The molecule has 0 aromatic rings. The van der Waals surface area contributed by atoms with Crippen LogP contribution in [0.25, 0.3) is 0 Å². The van der Waals surface area contributed by atoms with Gasteiger partial charge >= 0.3 is 0 Å². The Hall–Kier alpha value is -0.570. The number of likely N-dealkylation sites (tertiary alicyclic amines) is 1. The maximum absolute atomic E-state index is 11.3. The van der Waals surface area contributed by atoms with Crippen LogP contribution in [0.2, 0.25) is 0 Å². The molecule has 3 heteroatoms. The lowest BCUT2D eigenvalue weighted by atomic mass is 10.3. The van der Waals surface area contributed by atoms with Crippen LogP contribution in [-0.2, 0) is 4.79 Å². The summed E-state index contributed by atoms with van der Waals surface area (Å²) >= 11 is 0. The Morgan fingerprint density at radius 3 is 2.83 bits per heavy atom. The number of carbonyl (C=O) groups is 1. The highest BCUT2D eigenvalue weighted by atomic mass is 16.3. The van der Waals surface area contributed by atoms with Gasteiger partial charge in [0.25, 0.3) is 0 Å². The highest BCUT2D eigenvalue weighted by Gasteiger charge is 2.45. The van der Waals surface area contributed by atoms with Crippen molar-refractivity contribution in [3.05, 3.63) is 0 Å². The summed E-state index contributed by atoms with van der Waals surface area (Å²) in [5.41, 5.74) is 0. The van der Waals surface area contributed by atoms with Crippen molar-refractivity contribution in [3.8, 4) is 0 Å². The number of hydrogen-bond acceptors (Lipinski definition) is 2. The van der Waals surface area contributed by atoms with Crippen molar-refractivity contribution in [1.82, 2.24) is 4.90 Å².